The quantitative estimate of drug-likeness (QED) is 0.269. The van der Waals surface area contributed by atoms with Gasteiger partial charge in [-0.05, 0) is 37.5 Å². The molecular weight excluding hydrogens is 441 g/mol. The first kappa shape index (κ1) is 22.4. The van der Waals surface area contributed by atoms with Crippen molar-refractivity contribution in [3.63, 3.8) is 0 Å². The minimum atomic E-state index is 0. The van der Waals surface area contributed by atoms with Gasteiger partial charge in [-0.25, -0.2) is 0 Å². The Kier molecular flexibility index (Phi) is 10.3. The number of hydrogen-bond acceptors (Lipinski definition) is 3. The smallest absolute Gasteiger partial charge is 0.191 e. The maximum Gasteiger partial charge on any atom is 0.191 e. The summed E-state index contributed by atoms with van der Waals surface area (Å²) in [5.41, 5.74) is 4.68. The van der Waals surface area contributed by atoms with Gasteiger partial charge in [0.2, 0.25) is 0 Å². The molecule has 26 heavy (non-hydrogen) atoms. The summed E-state index contributed by atoms with van der Waals surface area (Å²) < 4.78 is 7.30. The van der Waals surface area contributed by atoms with Crippen molar-refractivity contribution in [2.75, 3.05) is 20.7 Å². The van der Waals surface area contributed by atoms with E-state index in [2.05, 4.69) is 45.8 Å². The molecule has 0 saturated carbocycles. The van der Waals surface area contributed by atoms with Crippen molar-refractivity contribution in [1.82, 2.24) is 20.4 Å². The minimum absolute atomic E-state index is 0. The van der Waals surface area contributed by atoms with Gasteiger partial charge in [0.05, 0.1) is 12.3 Å². The van der Waals surface area contributed by atoms with Crippen molar-refractivity contribution in [2.45, 2.75) is 40.0 Å². The van der Waals surface area contributed by atoms with Crippen LogP contribution in [-0.4, -0.2) is 36.4 Å². The average molecular weight is 471 g/mol. The van der Waals surface area contributed by atoms with E-state index in [1.54, 1.807) is 14.2 Å². The second kappa shape index (κ2) is 11.9. The highest BCUT2D eigenvalue weighted by molar-refractivity contribution is 14.0. The summed E-state index contributed by atoms with van der Waals surface area (Å²) >= 11 is 0. The van der Waals surface area contributed by atoms with Crippen LogP contribution < -0.4 is 10.6 Å². The number of halogens is 1. The highest BCUT2D eigenvalue weighted by Gasteiger charge is 2.04. The summed E-state index contributed by atoms with van der Waals surface area (Å²) in [6, 6.07) is 10.4. The van der Waals surface area contributed by atoms with Crippen LogP contribution in [0.3, 0.4) is 0 Å². The Morgan fingerprint density at radius 3 is 2.54 bits per heavy atom. The molecular formula is C19H30IN5O. The Balaban J connectivity index is 0.00000338. The fourth-order valence-corrected chi connectivity index (χ4v) is 2.76. The highest BCUT2D eigenvalue weighted by atomic mass is 127. The molecule has 7 heteroatoms. The summed E-state index contributed by atoms with van der Waals surface area (Å²) in [4.78, 5) is 4.29. The highest BCUT2D eigenvalue weighted by Crippen LogP contribution is 2.09. The molecule has 0 radical (unpaired) electrons. The van der Waals surface area contributed by atoms with Gasteiger partial charge < -0.3 is 15.4 Å². The third-order valence-corrected chi connectivity index (χ3v) is 4.03. The summed E-state index contributed by atoms with van der Waals surface area (Å²) in [7, 11) is 3.50. The molecule has 0 saturated heterocycles. The molecule has 6 nitrogen and oxygen atoms in total. The number of nitrogens with zero attached hydrogens (tertiary/aromatic N) is 3. The van der Waals surface area contributed by atoms with Crippen molar-refractivity contribution in [3.05, 3.63) is 52.8 Å². The van der Waals surface area contributed by atoms with E-state index in [1.165, 1.54) is 16.8 Å². The number of rotatable bonds is 8. The number of guanidine groups is 1. The van der Waals surface area contributed by atoms with Gasteiger partial charge in [-0.15, -0.1) is 24.0 Å². The molecule has 2 aromatic rings. The van der Waals surface area contributed by atoms with Gasteiger partial charge in [-0.3, -0.25) is 9.67 Å². The summed E-state index contributed by atoms with van der Waals surface area (Å²) in [5.74, 6) is 0.806. The van der Waals surface area contributed by atoms with E-state index in [9.17, 15) is 0 Å². The molecule has 0 unspecified atom stereocenters. The number of ether oxygens (including phenoxy) is 1. The zero-order valence-electron chi connectivity index (χ0n) is 16.1. The van der Waals surface area contributed by atoms with Crippen molar-refractivity contribution >= 4 is 29.9 Å². The van der Waals surface area contributed by atoms with Crippen molar-refractivity contribution in [1.29, 1.82) is 0 Å². The predicted octanol–water partition coefficient (Wildman–Crippen LogP) is 3.02. The number of benzene rings is 1. The Bertz CT molecular complexity index is 699. The predicted molar refractivity (Wildman–Crippen MR) is 117 cm³/mol. The second-order valence-electron chi connectivity index (χ2n) is 6.06. The Labute approximate surface area is 173 Å². The molecule has 0 spiro atoms. The molecule has 0 fully saturated rings. The van der Waals surface area contributed by atoms with E-state index in [1.807, 2.05) is 23.7 Å². The molecule has 0 aliphatic heterocycles. The lowest BCUT2D eigenvalue weighted by molar-refractivity contribution is 0.184. The lowest BCUT2D eigenvalue weighted by Gasteiger charge is -2.14. The Morgan fingerprint density at radius 1 is 1.19 bits per heavy atom. The summed E-state index contributed by atoms with van der Waals surface area (Å²) in [6.07, 6.45) is 0.989. The van der Waals surface area contributed by atoms with Crippen LogP contribution in [0.5, 0.6) is 0 Å². The van der Waals surface area contributed by atoms with Crippen LogP contribution in [0.4, 0.5) is 0 Å². The maximum atomic E-state index is 5.25. The topological polar surface area (TPSA) is 63.5 Å². The number of nitrogens with one attached hydrogen (secondary N) is 2. The van der Waals surface area contributed by atoms with Gasteiger partial charge in [-0.1, -0.05) is 24.3 Å². The molecule has 2 rings (SSSR count). The van der Waals surface area contributed by atoms with Crippen LogP contribution >= 0.6 is 24.0 Å². The van der Waals surface area contributed by atoms with Gasteiger partial charge in [0.15, 0.2) is 5.96 Å². The van der Waals surface area contributed by atoms with Gasteiger partial charge in [0.25, 0.3) is 0 Å². The number of aryl methyl sites for hydroxylation is 3. The first-order valence-electron chi connectivity index (χ1n) is 8.65. The van der Waals surface area contributed by atoms with Crippen LogP contribution in [0.25, 0.3) is 0 Å². The molecule has 1 heterocycles. The van der Waals surface area contributed by atoms with Crippen molar-refractivity contribution in [3.8, 4) is 0 Å². The molecule has 1 aromatic heterocycles. The van der Waals surface area contributed by atoms with Crippen LogP contribution in [0.2, 0.25) is 0 Å². The van der Waals surface area contributed by atoms with E-state index in [-0.39, 0.29) is 24.0 Å². The first-order valence-corrected chi connectivity index (χ1v) is 8.65. The SMILES string of the molecule is CN=C(NCCCn1nc(C)cc1C)NCc1ccccc1COC.I. The van der Waals surface area contributed by atoms with Gasteiger partial charge in [0, 0.05) is 39.5 Å². The molecule has 0 aliphatic carbocycles. The standard InChI is InChI=1S/C19H29N5O.HI/c1-15-12-16(2)24(23-15)11-7-10-21-19(20-3)22-13-17-8-5-6-9-18(17)14-25-4;/h5-6,8-9,12H,7,10-11,13-14H2,1-4H3,(H2,20,21,22);1H. The van der Waals surface area contributed by atoms with Gasteiger partial charge in [0.1, 0.15) is 0 Å². The van der Waals surface area contributed by atoms with Crippen LogP contribution in [-0.2, 0) is 24.4 Å². The minimum Gasteiger partial charge on any atom is -0.380 e. The second-order valence-corrected chi connectivity index (χ2v) is 6.06. The maximum absolute atomic E-state index is 5.25. The van der Waals surface area contributed by atoms with E-state index in [0.717, 1.165) is 37.7 Å². The van der Waals surface area contributed by atoms with Crippen LogP contribution in [0.15, 0.2) is 35.3 Å². The largest absolute Gasteiger partial charge is 0.380 e. The van der Waals surface area contributed by atoms with Crippen molar-refractivity contribution in [2.24, 2.45) is 4.99 Å². The molecule has 1 aromatic carbocycles. The Morgan fingerprint density at radius 2 is 1.92 bits per heavy atom. The number of hydrogen-bond donors (Lipinski definition) is 2. The number of methoxy groups -OCH3 is 1. The van der Waals surface area contributed by atoms with E-state index < -0.39 is 0 Å². The van der Waals surface area contributed by atoms with Crippen LogP contribution in [0, 0.1) is 13.8 Å². The summed E-state index contributed by atoms with van der Waals surface area (Å²) in [5, 5.41) is 11.2. The first-order chi connectivity index (χ1) is 12.1. The van der Waals surface area contributed by atoms with Crippen LogP contribution in [0.1, 0.15) is 28.9 Å². The molecule has 0 atom stereocenters. The summed E-state index contributed by atoms with van der Waals surface area (Å²) in [6.45, 7) is 7.20. The Hall–Kier alpha value is -1.61. The molecule has 2 N–H and O–H groups in total. The van der Waals surface area contributed by atoms with E-state index >= 15 is 0 Å². The zero-order valence-corrected chi connectivity index (χ0v) is 18.4. The fraction of sp³-hybridized carbons (Fsp3) is 0.474. The third-order valence-electron chi connectivity index (χ3n) is 4.03. The molecule has 0 bridgehead atoms. The fourth-order valence-electron chi connectivity index (χ4n) is 2.76. The van der Waals surface area contributed by atoms with Crippen molar-refractivity contribution < 1.29 is 4.74 Å². The normalized spacial score (nSPS) is 11.2. The monoisotopic (exact) mass is 471 g/mol. The average Bonchev–Trinajstić information content (AvgIpc) is 2.93. The lowest BCUT2D eigenvalue weighted by Crippen LogP contribution is -2.37. The molecule has 0 aliphatic rings. The molecule has 144 valence electrons. The van der Waals surface area contributed by atoms with Gasteiger partial charge >= 0.3 is 0 Å². The molecule has 0 amide bonds. The van der Waals surface area contributed by atoms with Gasteiger partial charge in [-0.2, -0.15) is 5.10 Å². The van der Waals surface area contributed by atoms with E-state index in [4.69, 9.17) is 4.74 Å². The third kappa shape index (κ3) is 6.95. The van der Waals surface area contributed by atoms with E-state index in [0.29, 0.717) is 6.61 Å². The lowest BCUT2D eigenvalue weighted by atomic mass is 10.1. The number of aliphatic imine (C=N–C) groups is 1. The zero-order chi connectivity index (χ0) is 18.1. The number of aromatic nitrogens is 2.